The van der Waals surface area contributed by atoms with Crippen molar-refractivity contribution in [1.82, 2.24) is 0 Å². The Morgan fingerprint density at radius 1 is 0.471 bits per heavy atom. The SMILES string of the molecule is CC1O[C@@H](C)C(O)C(O)[C@@H]1O.CC1O[C@@H](C)C(O)[C@@H](O)[C@@H]1N.C[C@@H]1OC(CO)[C@@H](O)[C@H](O)C1N. The van der Waals surface area contributed by atoms with E-state index in [4.69, 9.17) is 30.8 Å². The summed E-state index contributed by atoms with van der Waals surface area (Å²) in [6.45, 7) is 8.22. The normalized spacial score (nSPS) is 51.4. The molecule has 0 radical (unpaired) electrons. The van der Waals surface area contributed by atoms with Gasteiger partial charge in [0.2, 0.25) is 0 Å². The van der Waals surface area contributed by atoms with Crippen molar-refractivity contribution in [3.8, 4) is 0 Å². The molecule has 34 heavy (non-hydrogen) atoms. The quantitative estimate of drug-likeness (QED) is 0.163. The first-order chi connectivity index (χ1) is 15.6. The van der Waals surface area contributed by atoms with Gasteiger partial charge in [0.25, 0.3) is 0 Å². The number of aliphatic hydroxyl groups excluding tert-OH is 8. The fourth-order valence-electron chi connectivity index (χ4n) is 3.87. The molecule has 12 N–H and O–H groups in total. The van der Waals surface area contributed by atoms with Crippen LogP contribution in [0.4, 0.5) is 0 Å². The zero-order valence-corrected chi connectivity index (χ0v) is 20.3. The molecule has 3 fully saturated rings. The third-order valence-corrected chi connectivity index (χ3v) is 6.52. The van der Waals surface area contributed by atoms with Gasteiger partial charge in [-0.2, -0.15) is 0 Å². The summed E-state index contributed by atoms with van der Waals surface area (Å²) in [5.41, 5.74) is 11.1. The Labute approximate surface area is 199 Å². The van der Waals surface area contributed by atoms with Crippen molar-refractivity contribution < 1.29 is 55.1 Å². The molecule has 0 aliphatic carbocycles. The van der Waals surface area contributed by atoms with Gasteiger partial charge in [0, 0.05) is 0 Å². The zero-order valence-electron chi connectivity index (χ0n) is 20.3. The van der Waals surface area contributed by atoms with Gasteiger partial charge in [0.15, 0.2) is 0 Å². The lowest BCUT2D eigenvalue weighted by Crippen LogP contribution is -2.60. The van der Waals surface area contributed by atoms with Gasteiger partial charge in [-0.1, -0.05) is 0 Å². The highest BCUT2D eigenvalue weighted by atomic mass is 16.5. The van der Waals surface area contributed by atoms with E-state index in [0.29, 0.717) is 0 Å². The minimum Gasteiger partial charge on any atom is -0.394 e. The van der Waals surface area contributed by atoms with E-state index in [-0.39, 0.29) is 24.9 Å². The molecule has 3 aliphatic heterocycles. The molecule has 0 bridgehead atoms. The Morgan fingerprint density at radius 2 is 0.794 bits per heavy atom. The Hall–Kier alpha value is -0.520. The summed E-state index contributed by atoms with van der Waals surface area (Å²) in [5, 5.41) is 73.6. The van der Waals surface area contributed by atoms with Crippen LogP contribution in [-0.2, 0) is 14.2 Å². The summed E-state index contributed by atoms with van der Waals surface area (Å²) in [7, 11) is 0. The number of aliphatic hydroxyl groups is 8. The largest absolute Gasteiger partial charge is 0.394 e. The van der Waals surface area contributed by atoms with Crippen molar-refractivity contribution in [2.24, 2.45) is 11.5 Å². The van der Waals surface area contributed by atoms with Crippen LogP contribution >= 0.6 is 0 Å². The van der Waals surface area contributed by atoms with Crippen LogP contribution in [0.15, 0.2) is 0 Å². The Kier molecular flexibility index (Phi) is 12.7. The molecule has 15 atom stereocenters. The number of hydrogen-bond acceptors (Lipinski definition) is 13. The molecular formula is C21H44N2O11. The average molecular weight is 501 g/mol. The van der Waals surface area contributed by atoms with Crippen LogP contribution in [0, 0.1) is 0 Å². The molecule has 0 aromatic heterocycles. The molecule has 3 rings (SSSR count). The number of nitrogens with two attached hydrogens (primary N) is 2. The minimum absolute atomic E-state index is 0.191. The summed E-state index contributed by atoms with van der Waals surface area (Å²) in [4.78, 5) is 0. The zero-order chi connectivity index (χ0) is 26.5. The van der Waals surface area contributed by atoms with Crippen molar-refractivity contribution in [3.63, 3.8) is 0 Å². The van der Waals surface area contributed by atoms with Crippen LogP contribution in [0.25, 0.3) is 0 Å². The molecule has 0 spiro atoms. The summed E-state index contributed by atoms with van der Waals surface area (Å²) in [6.07, 6.45) is -9.33. The molecule has 0 amide bonds. The summed E-state index contributed by atoms with van der Waals surface area (Å²) in [5.74, 6) is 0. The predicted molar refractivity (Wildman–Crippen MR) is 119 cm³/mol. The van der Waals surface area contributed by atoms with Gasteiger partial charge in [0.1, 0.15) is 42.7 Å². The lowest BCUT2D eigenvalue weighted by atomic mass is 9.94. The van der Waals surface area contributed by atoms with Gasteiger partial charge in [-0.05, 0) is 34.6 Å². The molecule has 13 heteroatoms. The van der Waals surface area contributed by atoms with Crippen molar-refractivity contribution in [2.75, 3.05) is 6.61 Å². The smallest absolute Gasteiger partial charge is 0.111 e. The molecule has 3 heterocycles. The third kappa shape index (κ3) is 7.74. The first-order valence-corrected chi connectivity index (χ1v) is 11.5. The van der Waals surface area contributed by atoms with Crippen LogP contribution in [-0.4, -0.2) is 139 Å². The van der Waals surface area contributed by atoms with Gasteiger partial charge in [-0.25, -0.2) is 0 Å². The summed E-state index contributed by atoms with van der Waals surface area (Å²) < 4.78 is 15.5. The maximum absolute atomic E-state index is 9.35. The molecule has 3 aliphatic rings. The van der Waals surface area contributed by atoms with Crippen LogP contribution in [0.1, 0.15) is 34.6 Å². The lowest BCUT2D eigenvalue weighted by molar-refractivity contribution is -0.211. The highest BCUT2D eigenvalue weighted by molar-refractivity contribution is 4.93. The minimum atomic E-state index is -1.10. The van der Waals surface area contributed by atoms with Gasteiger partial charge >= 0.3 is 0 Å². The van der Waals surface area contributed by atoms with Gasteiger partial charge in [-0.3, -0.25) is 0 Å². The topological polar surface area (TPSA) is 242 Å². The maximum Gasteiger partial charge on any atom is 0.111 e. The lowest BCUT2D eigenvalue weighted by Gasteiger charge is -2.39. The van der Waals surface area contributed by atoms with E-state index in [1.54, 1.807) is 34.6 Å². The predicted octanol–water partition coefficient (Wildman–Crippen LogP) is -4.47. The monoisotopic (exact) mass is 500 g/mol. The van der Waals surface area contributed by atoms with E-state index in [0.717, 1.165) is 0 Å². The highest BCUT2D eigenvalue weighted by Crippen LogP contribution is 2.21. The fraction of sp³-hybridized carbons (Fsp3) is 1.00. The summed E-state index contributed by atoms with van der Waals surface area (Å²) >= 11 is 0. The second kappa shape index (κ2) is 13.7. The van der Waals surface area contributed by atoms with Crippen molar-refractivity contribution >= 4 is 0 Å². The molecular weight excluding hydrogens is 456 g/mol. The average Bonchev–Trinajstić information content (AvgIpc) is 2.80. The van der Waals surface area contributed by atoms with Crippen LogP contribution in [0.3, 0.4) is 0 Å². The highest BCUT2D eigenvalue weighted by Gasteiger charge is 2.41. The van der Waals surface area contributed by atoms with E-state index < -0.39 is 73.1 Å². The molecule has 0 saturated carbocycles. The van der Waals surface area contributed by atoms with Crippen molar-refractivity contribution in [3.05, 3.63) is 0 Å². The van der Waals surface area contributed by atoms with Gasteiger partial charge < -0.3 is 66.5 Å². The van der Waals surface area contributed by atoms with E-state index in [1.807, 2.05) is 0 Å². The number of hydrogen-bond donors (Lipinski definition) is 10. The molecule has 0 aromatic rings. The number of rotatable bonds is 1. The second-order valence-electron chi connectivity index (χ2n) is 9.24. The second-order valence-corrected chi connectivity index (χ2v) is 9.24. The first-order valence-electron chi connectivity index (χ1n) is 11.5. The first kappa shape index (κ1) is 31.5. The molecule has 3 saturated heterocycles. The van der Waals surface area contributed by atoms with E-state index in [1.165, 1.54) is 0 Å². The summed E-state index contributed by atoms with van der Waals surface area (Å²) in [6, 6.07) is -1.08. The molecule has 7 unspecified atom stereocenters. The van der Waals surface area contributed by atoms with Crippen molar-refractivity contribution in [1.29, 1.82) is 0 Å². The fourth-order valence-corrected chi connectivity index (χ4v) is 3.87. The third-order valence-electron chi connectivity index (χ3n) is 6.52. The van der Waals surface area contributed by atoms with Gasteiger partial charge in [-0.15, -0.1) is 0 Å². The molecule has 0 aromatic carbocycles. The van der Waals surface area contributed by atoms with Gasteiger partial charge in [0.05, 0.1) is 55.3 Å². The Morgan fingerprint density at radius 3 is 1.21 bits per heavy atom. The van der Waals surface area contributed by atoms with Crippen molar-refractivity contribution in [2.45, 2.75) is 126 Å². The Balaban J connectivity index is 0.000000255. The Bertz CT molecular complexity index is 526. The molecule has 13 nitrogen and oxygen atoms in total. The van der Waals surface area contributed by atoms with Crippen LogP contribution in [0.5, 0.6) is 0 Å². The number of ether oxygens (including phenoxy) is 3. The maximum atomic E-state index is 9.35. The van der Waals surface area contributed by atoms with E-state index in [2.05, 4.69) is 0 Å². The van der Waals surface area contributed by atoms with Crippen LogP contribution < -0.4 is 11.5 Å². The van der Waals surface area contributed by atoms with E-state index >= 15 is 0 Å². The molecule has 204 valence electrons. The van der Waals surface area contributed by atoms with E-state index in [9.17, 15) is 35.7 Å². The standard InChI is InChI=1S/C7H15NO4.C7H15NO3.C7H14O4/c1-3-5(8)7(11)6(10)4(2-9)12-3;2*1-3-5(8)7(10)6(9)4(2)11-3/h3-7,9-11H,2,8H2,1H3;3-7,9-10H,8H2,1-2H3;3-10H,1-2H3/t3-,4?,5?,6+,7+;3?,4-,5+,6?,7-;3-,4?,5?,6+,7?/m000/s1. The van der Waals surface area contributed by atoms with Crippen LogP contribution in [0.2, 0.25) is 0 Å².